The summed E-state index contributed by atoms with van der Waals surface area (Å²) in [6.07, 6.45) is 3.73. The molecule has 2 unspecified atom stereocenters. The summed E-state index contributed by atoms with van der Waals surface area (Å²) >= 11 is 0. The summed E-state index contributed by atoms with van der Waals surface area (Å²) in [5, 5.41) is 0. The number of benzene rings is 1. The van der Waals surface area contributed by atoms with Crippen molar-refractivity contribution in [2.75, 3.05) is 6.61 Å². The fourth-order valence-corrected chi connectivity index (χ4v) is 2.34. The van der Waals surface area contributed by atoms with Gasteiger partial charge in [-0.15, -0.1) is 0 Å². The normalized spacial score (nSPS) is 18.9. The van der Waals surface area contributed by atoms with E-state index in [0.29, 0.717) is 5.92 Å². The predicted molar refractivity (Wildman–Crippen MR) is 69.4 cm³/mol. The van der Waals surface area contributed by atoms with Crippen LogP contribution < -0.4 is 11.3 Å². The molecule has 0 amide bonds. The van der Waals surface area contributed by atoms with E-state index < -0.39 is 0 Å². The van der Waals surface area contributed by atoms with Gasteiger partial charge in [-0.2, -0.15) is 0 Å². The molecule has 0 heterocycles. The maximum atomic E-state index is 5.85. The molecule has 1 aromatic rings. The van der Waals surface area contributed by atoms with Gasteiger partial charge in [0, 0.05) is 6.61 Å². The van der Waals surface area contributed by atoms with Gasteiger partial charge in [-0.05, 0) is 37.7 Å². The van der Waals surface area contributed by atoms with Crippen LogP contribution in [-0.2, 0) is 11.2 Å². The van der Waals surface area contributed by atoms with Crippen molar-refractivity contribution >= 4 is 0 Å². The molecule has 1 aliphatic carbocycles. The monoisotopic (exact) mass is 234 g/mol. The van der Waals surface area contributed by atoms with E-state index >= 15 is 0 Å². The SMILES string of the molecule is CCOC(C1CC1)C(Cc1ccccc1)NN. The molecule has 0 aromatic heterocycles. The first kappa shape index (κ1) is 12.6. The first-order valence-corrected chi connectivity index (χ1v) is 6.46. The molecule has 0 radical (unpaired) electrons. The highest BCUT2D eigenvalue weighted by molar-refractivity contribution is 5.16. The van der Waals surface area contributed by atoms with Gasteiger partial charge in [0.05, 0.1) is 12.1 Å². The fraction of sp³-hybridized carbons (Fsp3) is 0.571. The first-order chi connectivity index (χ1) is 8.35. The van der Waals surface area contributed by atoms with Gasteiger partial charge < -0.3 is 4.74 Å². The van der Waals surface area contributed by atoms with E-state index in [2.05, 4.69) is 29.7 Å². The number of nitrogens with two attached hydrogens (primary N) is 1. The molecule has 0 saturated heterocycles. The van der Waals surface area contributed by atoms with E-state index in [-0.39, 0.29) is 12.1 Å². The highest BCUT2D eigenvalue weighted by Crippen LogP contribution is 2.36. The highest BCUT2D eigenvalue weighted by Gasteiger charge is 2.36. The summed E-state index contributed by atoms with van der Waals surface area (Å²) in [4.78, 5) is 0. The van der Waals surface area contributed by atoms with Gasteiger partial charge in [0.25, 0.3) is 0 Å². The van der Waals surface area contributed by atoms with Crippen LogP contribution in [0.15, 0.2) is 30.3 Å². The Morgan fingerprint density at radius 2 is 2.06 bits per heavy atom. The van der Waals surface area contributed by atoms with Crippen molar-refractivity contribution in [2.24, 2.45) is 11.8 Å². The van der Waals surface area contributed by atoms with Crippen molar-refractivity contribution in [3.05, 3.63) is 35.9 Å². The maximum Gasteiger partial charge on any atom is 0.0772 e. The Hall–Kier alpha value is -0.900. The van der Waals surface area contributed by atoms with Crippen LogP contribution in [-0.4, -0.2) is 18.8 Å². The predicted octanol–water partition coefficient (Wildman–Crippen LogP) is 1.88. The van der Waals surface area contributed by atoms with Crippen LogP contribution in [0.4, 0.5) is 0 Å². The molecule has 94 valence electrons. The lowest BCUT2D eigenvalue weighted by atomic mass is 9.99. The van der Waals surface area contributed by atoms with E-state index in [0.717, 1.165) is 13.0 Å². The van der Waals surface area contributed by atoms with Crippen LogP contribution in [0.1, 0.15) is 25.3 Å². The molecule has 1 fully saturated rings. The van der Waals surface area contributed by atoms with Crippen LogP contribution in [0.2, 0.25) is 0 Å². The Bertz CT molecular complexity index is 324. The summed E-state index contributed by atoms with van der Waals surface area (Å²) in [6.45, 7) is 2.81. The zero-order valence-corrected chi connectivity index (χ0v) is 10.4. The quantitative estimate of drug-likeness (QED) is 0.559. The molecule has 0 aliphatic heterocycles. The molecule has 1 aromatic carbocycles. The fourth-order valence-electron chi connectivity index (χ4n) is 2.34. The average molecular weight is 234 g/mol. The third-order valence-electron chi connectivity index (χ3n) is 3.35. The number of nitrogens with one attached hydrogen (secondary N) is 1. The summed E-state index contributed by atoms with van der Waals surface area (Å²) < 4.78 is 5.85. The molecule has 17 heavy (non-hydrogen) atoms. The number of hydrogen-bond acceptors (Lipinski definition) is 3. The molecule has 1 aliphatic rings. The molecular formula is C14H22N2O. The van der Waals surface area contributed by atoms with Gasteiger partial charge in [-0.25, -0.2) is 0 Å². The van der Waals surface area contributed by atoms with Crippen molar-refractivity contribution < 1.29 is 4.74 Å². The van der Waals surface area contributed by atoms with E-state index in [1.165, 1.54) is 18.4 Å². The number of ether oxygens (including phenoxy) is 1. The van der Waals surface area contributed by atoms with Crippen LogP contribution in [0.25, 0.3) is 0 Å². The summed E-state index contributed by atoms with van der Waals surface area (Å²) in [7, 11) is 0. The molecule has 3 N–H and O–H groups in total. The van der Waals surface area contributed by atoms with Gasteiger partial charge in [-0.3, -0.25) is 11.3 Å². The van der Waals surface area contributed by atoms with E-state index in [1.54, 1.807) is 0 Å². The molecule has 0 spiro atoms. The Labute approximate surface area is 103 Å². The van der Waals surface area contributed by atoms with Crippen LogP contribution >= 0.6 is 0 Å². The lowest BCUT2D eigenvalue weighted by Crippen LogP contribution is -2.47. The summed E-state index contributed by atoms with van der Waals surface area (Å²) in [5.41, 5.74) is 4.24. The van der Waals surface area contributed by atoms with E-state index in [1.807, 2.05) is 13.0 Å². The minimum atomic E-state index is 0.213. The van der Waals surface area contributed by atoms with E-state index in [9.17, 15) is 0 Å². The first-order valence-electron chi connectivity index (χ1n) is 6.46. The molecule has 0 bridgehead atoms. The van der Waals surface area contributed by atoms with Gasteiger partial charge in [0.1, 0.15) is 0 Å². The minimum Gasteiger partial charge on any atom is -0.377 e. The minimum absolute atomic E-state index is 0.213. The number of hydrazine groups is 1. The molecule has 3 nitrogen and oxygen atoms in total. The molecule has 2 rings (SSSR count). The van der Waals surface area contributed by atoms with Crippen LogP contribution in [0.3, 0.4) is 0 Å². The number of hydrogen-bond donors (Lipinski definition) is 2. The maximum absolute atomic E-state index is 5.85. The Morgan fingerprint density at radius 1 is 1.35 bits per heavy atom. The third-order valence-corrected chi connectivity index (χ3v) is 3.35. The Morgan fingerprint density at radius 3 is 2.59 bits per heavy atom. The average Bonchev–Trinajstić information content (AvgIpc) is 3.19. The van der Waals surface area contributed by atoms with Gasteiger partial charge >= 0.3 is 0 Å². The van der Waals surface area contributed by atoms with Crippen molar-refractivity contribution in [1.82, 2.24) is 5.43 Å². The second-order valence-corrected chi connectivity index (χ2v) is 4.72. The van der Waals surface area contributed by atoms with Crippen molar-refractivity contribution in [3.8, 4) is 0 Å². The molecule has 2 atom stereocenters. The summed E-state index contributed by atoms with van der Waals surface area (Å²) in [6, 6.07) is 10.7. The summed E-state index contributed by atoms with van der Waals surface area (Å²) in [5.74, 6) is 6.38. The second-order valence-electron chi connectivity index (χ2n) is 4.72. The van der Waals surface area contributed by atoms with E-state index in [4.69, 9.17) is 10.6 Å². The van der Waals surface area contributed by atoms with Crippen molar-refractivity contribution in [3.63, 3.8) is 0 Å². The lowest BCUT2D eigenvalue weighted by Gasteiger charge is -2.26. The second kappa shape index (κ2) is 6.15. The topological polar surface area (TPSA) is 47.3 Å². The number of rotatable bonds is 7. The zero-order valence-electron chi connectivity index (χ0n) is 10.4. The van der Waals surface area contributed by atoms with Crippen LogP contribution in [0.5, 0.6) is 0 Å². The van der Waals surface area contributed by atoms with Gasteiger partial charge in [-0.1, -0.05) is 30.3 Å². The smallest absolute Gasteiger partial charge is 0.0772 e. The Kier molecular flexibility index (Phi) is 4.54. The van der Waals surface area contributed by atoms with Crippen LogP contribution in [0, 0.1) is 5.92 Å². The van der Waals surface area contributed by atoms with Crippen molar-refractivity contribution in [1.29, 1.82) is 0 Å². The molecule has 1 saturated carbocycles. The molecule has 3 heteroatoms. The lowest BCUT2D eigenvalue weighted by molar-refractivity contribution is 0.0192. The Balaban J connectivity index is 1.99. The standard InChI is InChI=1S/C14H22N2O/c1-2-17-14(12-8-9-12)13(16-15)10-11-6-4-3-5-7-11/h3-7,12-14,16H,2,8-10,15H2,1H3. The molecular weight excluding hydrogens is 212 g/mol. The highest BCUT2D eigenvalue weighted by atomic mass is 16.5. The van der Waals surface area contributed by atoms with Gasteiger partial charge in [0.15, 0.2) is 0 Å². The zero-order chi connectivity index (χ0) is 12.1. The van der Waals surface area contributed by atoms with Gasteiger partial charge in [0.2, 0.25) is 0 Å². The largest absolute Gasteiger partial charge is 0.377 e. The third kappa shape index (κ3) is 3.53. The van der Waals surface area contributed by atoms with Crippen molar-refractivity contribution in [2.45, 2.75) is 38.3 Å².